The zero-order chi connectivity index (χ0) is 9.71. The quantitative estimate of drug-likeness (QED) is 0.703. The van der Waals surface area contributed by atoms with Crippen molar-refractivity contribution in [3.8, 4) is 0 Å². The number of nitrogens with zero attached hydrogens (tertiary/aromatic N) is 2. The molecule has 3 rings (SSSR count). The van der Waals surface area contributed by atoms with Crippen molar-refractivity contribution in [2.24, 2.45) is 0 Å². The van der Waals surface area contributed by atoms with Crippen molar-refractivity contribution < 1.29 is 0 Å². The van der Waals surface area contributed by atoms with E-state index in [2.05, 4.69) is 44.5 Å². The van der Waals surface area contributed by atoms with E-state index in [9.17, 15) is 0 Å². The second kappa shape index (κ2) is 2.83. The maximum absolute atomic E-state index is 4.69. The Morgan fingerprint density at radius 1 is 1.57 bits per heavy atom. The van der Waals surface area contributed by atoms with Gasteiger partial charge in [-0.3, -0.25) is 0 Å². The molecule has 1 atom stereocenters. The van der Waals surface area contributed by atoms with E-state index in [-0.39, 0.29) is 0 Å². The third kappa shape index (κ3) is 0.989. The van der Waals surface area contributed by atoms with Gasteiger partial charge in [0.25, 0.3) is 0 Å². The second-order valence-corrected chi connectivity index (χ2v) is 4.79. The van der Waals surface area contributed by atoms with Gasteiger partial charge < -0.3 is 4.40 Å². The molecule has 0 aromatic carbocycles. The minimum absolute atomic E-state index is 0.622. The number of aryl methyl sites for hydroxylation is 1. The van der Waals surface area contributed by atoms with E-state index in [1.165, 1.54) is 17.8 Å². The summed E-state index contributed by atoms with van der Waals surface area (Å²) in [7, 11) is 0. The highest BCUT2D eigenvalue weighted by Gasteiger charge is 2.24. The van der Waals surface area contributed by atoms with Crippen LogP contribution in [0.3, 0.4) is 0 Å². The van der Waals surface area contributed by atoms with Gasteiger partial charge in [-0.05, 0) is 40.9 Å². The Morgan fingerprint density at radius 3 is 3.29 bits per heavy atom. The first kappa shape index (κ1) is 8.48. The normalized spacial score (nSPS) is 20.3. The number of aromatic nitrogens is 2. The van der Waals surface area contributed by atoms with Gasteiger partial charge in [0.1, 0.15) is 0 Å². The molecule has 14 heavy (non-hydrogen) atoms. The zero-order valence-corrected chi connectivity index (χ0v) is 9.58. The number of hydrogen-bond donors (Lipinski definition) is 0. The Labute approximate surface area is 91.1 Å². The van der Waals surface area contributed by atoms with Crippen LogP contribution in [-0.2, 0) is 6.42 Å². The fraction of sp³-hybridized carbons (Fsp3) is 0.364. The molecule has 0 aliphatic heterocycles. The molecule has 1 unspecified atom stereocenters. The predicted octanol–water partition coefficient (Wildman–Crippen LogP) is 3.15. The molecule has 0 fully saturated rings. The minimum Gasteiger partial charge on any atom is -0.303 e. The topological polar surface area (TPSA) is 17.3 Å². The summed E-state index contributed by atoms with van der Waals surface area (Å²) >= 11 is 3.53. The number of fused-ring (bicyclic) bond motifs is 3. The van der Waals surface area contributed by atoms with Gasteiger partial charge in [0.05, 0.1) is 10.2 Å². The van der Waals surface area contributed by atoms with Crippen LogP contribution < -0.4 is 0 Å². The van der Waals surface area contributed by atoms with Crippen molar-refractivity contribution in [1.82, 2.24) is 9.38 Å². The second-order valence-electron chi connectivity index (χ2n) is 3.93. The number of pyridine rings is 1. The van der Waals surface area contributed by atoms with Crippen LogP contribution >= 0.6 is 15.9 Å². The zero-order valence-electron chi connectivity index (χ0n) is 8.00. The van der Waals surface area contributed by atoms with Gasteiger partial charge in [-0.15, -0.1) is 0 Å². The van der Waals surface area contributed by atoms with Gasteiger partial charge >= 0.3 is 0 Å². The summed E-state index contributed by atoms with van der Waals surface area (Å²) in [4.78, 5) is 4.69. The maximum Gasteiger partial charge on any atom is 0.151 e. The molecule has 2 nitrogen and oxygen atoms in total. The van der Waals surface area contributed by atoms with Crippen molar-refractivity contribution in [2.45, 2.75) is 25.7 Å². The Hall–Kier alpha value is -0.830. The monoisotopic (exact) mass is 250 g/mol. The van der Waals surface area contributed by atoms with Gasteiger partial charge in [0.15, 0.2) is 5.65 Å². The molecular formula is C11H11BrN2. The molecular weight excluding hydrogens is 240 g/mol. The molecule has 2 aromatic rings. The molecule has 0 bridgehead atoms. The fourth-order valence-corrected chi connectivity index (χ4v) is 2.67. The molecule has 0 saturated carbocycles. The molecule has 2 heterocycles. The lowest BCUT2D eigenvalue weighted by atomic mass is 10.1. The summed E-state index contributed by atoms with van der Waals surface area (Å²) in [5.74, 6) is 0.622. The standard InChI is InChI=1S/C11H11BrN2/c1-7-4-5-9-10(7)13-11-8(12)3-2-6-14(9)11/h2-3,6-7H,4-5H2,1H3. The van der Waals surface area contributed by atoms with Gasteiger partial charge in [0, 0.05) is 17.8 Å². The third-order valence-electron chi connectivity index (χ3n) is 3.01. The van der Waals surface area contributed by atoms with E-state index in [0.717, 1.165) is 16.5 Å². The average Bonchev–Trinajstić information content (AvgIpc) is 2.69. The Balaban J connectivity index is 2.40. The van der Waals surface area contributed by atoms with Crippen molar-refractivity contribution in [3.05, 3.63) is 34.2 Å². The van der Waals surface area contributed by atoms with Crippen molar-refractivity contribution in [1.29, 1.82) is 0 Å². The van der Waals surface area contributed by atoms with E-state index in [0.29, 0.717) is 5.92 Å². The maximum atomic E-state index is 4.69. The van der Waals surface area contributed by atoms with Crippen molar-refractivity contribution >= 4 is 21.6 Å². The summed E-state index contributed by atoms with van der Waals surface area (Å²) in [5, 5.41) is 0. The first-order valence-electron chi connectivity index (χ1n) is 4.92. The van der Waals surface area contributed by atoms with Gasteiger partial charge in [-0.1, -0.05) is 6.92 Å². The molecule has 3 heteroatoms. The van der Waals surface area contributed by atoms with Gasteiger partial charge in [0.2, 0.25) is 0 Å². The number of imidazole rings is 1. The third-order valence-corrected chi connectivity index (χ3v) is 3.63. The van der Waals surface area contributed by atoms with Crippen LogP contribution in [0, 0.1) is 0 Å². The van der Waals surface area contributed by atoms with Crippen LogP contribution in [0.1, 0.15) is 30.7 Å². The molecule has 0 N–H and O–H groups in total. The smallest absolute Gasteiger partial charge is 0.151 e. The van der Waals surface area contributed by atoms with E-state index in [4.69, 9.17) is 0 Å². The van der Waals surface area contributed by atoms with Crippen molar-refractivity contribution in [3.63, 3.8) is 0 Å². The Kier molecular flexibility index (Phi) is 1.71. The summed E-state index contributed by atoms with van der Waals surface area (Å²) < 4.78 is 3.30. The lowest BCUT2D eigenvalue weighted by Crippen LogP contribution is -1.90. The minimum atomic E-state index is 0.622. The lowest BCUT2D eigenvalue weighted by Gasteiger charge is -1.98. The van der Waals surface area contributed by atoms with E-state index in [1.54, 1.807) is 0 Å². The highest BCUT2D eigenvalue weighted by Crippen LogP contribution is 2.33. The van der Waals surface area contributed by atoms with Gasteiger partial charge in [-0.2, -0.15) is 0 Å². The summed E-state index contributed by atoms with van der Waals surface area (Å²) in [6, 6.07) is 4.10. The van der Waals surface area contributed by atoms with Gasteiger partial charge in [-0.25, -0.2) is 4.98 Å². The number of hydrogen-bond acceptors (Lipinski definition) is 1. The molecule has 1 aliphatic carbocycles. The predicted molar refractivity (Wildman–Crippen MR) is 59.6 cm³/mol. The molecule has 72 valence electrons. The van der Waals surface area contributed by atoms with Crippen molar-refractivity contribution in [2.75, 3.05) is 0 Å². The van der Waals surface area contributed by atoms with Crippen LogP contribution in [0.2, 0.25) is 0 Å². The first-order valence-corrected chi connectivity index (χ1v) is 5.72. The fourth-order valence-electron chi connectivity index (χ4n) is 2.23. The first-order chi connectivity index (χ1) is 6.77. The summed E-state index contributed by atoms with van der Waals surface area (Å²) in [5.41, 5.74) is 3.75. The highest BCUT2D eigenvalue weighted by atomic mass is 79.9. The SMILES string of the molecule is CC1CCc2c1nc1c(Br)cccn21. The lowest BCUT2D eigenvalue weighted by molar-refractivity contribution is 0.726. The van der Waals surface area contributed by atoms with E-state index in [1.807, 2.05) is 6.07 Å². The van der Waals surface area contributed by atoms with Crippen LogP contribution in [0.5, 0.6) is 0 Å². The molecule has 2 aromatic heterocycles. The van der Waals surface area contributed by atoms with Crippen LogP contribution in [0.15, 0.2) is 22.8 Å². The summed E-state index contributed by atoms with van der Waals surface area (Å²) in [6.07, 6.45) is 4.51. The molecule has 0 amide bonds. The van der Waals surface area contributed by atoms with Crippen LogP contribution in [0.25, 0.3) is 5.65 Å². The molecule has 1 aliphatic rings. The number of halogens is 1. The molecule has 0 spiro atoms. The average molecular weight is 251 g/mol. The number of rotatable bonds is 0. The van der Waals surface area contributed by atoms with Crippen LogP contribution in [0.4, 0.5) is 0 Å². The molecule has 0 saturated heterocycles. The Bertz CT molecular complexity index is 501. The highest BCUT2D eigenvalue weighted by molar-refractivity contribution is 9.10. The Morgan fingerprint density at radius 2 is 2.43 bits per heavy atom. The van der Waals surface area contributed by atoms with Crippen LogP contribution in [-0.4, -0.2) is 9.38 Å². The van der Waals surface area contributed by atoms with E-state index < -0.39 is 0 Å². The molecule has 0 radical (unpaired) electrons. The van der Waals surface area contributed by atoms with E-state index >= 15 is 0 Å². The largest absolute Gasteiger partial charge is 0.303 e. The summed E-state index contributed by atoms with van der Waals surface area (Å²) in [6.45, 7) is 2.26.